The average molecular weight is 451 g/mol. The monoisotopic (exact) mass is 450 g/mol. The molecule has 3 aromatic rings. The maximum atomic E-state index is 12.3. The molecule has 0 spiro atoms. The minimum Gasteiger partial charge on any atom is -0.507 e. The second kappa shape index (κ2) is 9.75. The number of para-hydroxylation sites is 1. The summed E-state index contributed by atoms with van der Waals surface area (Å²) in [5.74, 6) is 1.46. The standard InChI is InChI=1S/C26H32N4O3.H2/c1-16(2)14-23(32)26(33)27-18-10-12-30(13-11-18)25-19-9-8-17(3)15-21(19)28-24(29-25)20-6-4-5-7-22(20)31;/h4-9,15-16,18,23,31-32H,10-14H2,1-3H3,(H,27,33);1H/t23-;/m1./s1. The molecule has 3 N–H and O–H groups in total. The van der Waals surface area contributed by atoms with Crippen LogP contribution in [0.4, 0.5) is 5.82 Å². The fourth-order valence-electron chi connectivity index (χ4n) is 4.33. The summed E-state index contributed by atoms with van der Waals surface area (Å²) in [6, 6.07) is 13.3. The summed E-state index contributed by atoms with van der Waals surface area (Å²) >= 11 is 0. The number of nitrogens with one attached hydrogen (secondary N) is 1. The highest BCUT2D eigenvalue weighted by molar-refractivity contribution is 5.92. The van der Waals surface area contributed by atoms with Gasteiger partial charge in [-0.25, -0.2) is 9.97 Å². The molecule has 4 rings (SSSR count). The predicted molar refractivity (Wildman–Crippen MR) is 132 cm³/mol. The molecule has 33 heavy (non-hydrogen) atoms. The van der Waals surface area contributed by atoms with Crippen molar-refractivity contribution in [2.45, 2.75) is 52.2 Å². The lowest BCUT2D eigenvalue weighted by atomic mass is 10.0. The number of piperidine rings is 1. The van der Waals surface area contributed by atoms with E-state index in [9.17, 15) is 15.0 Å². The molecular formula is C26H34N4O3. The van der Waals surface area contributed by atoms with Crippen LogP contribution in [0, 0.1) is 12.8 Å². The zero-order valence-corrected chi connectivity index (χ0v) is 19.5. The van der Waals surface area contributed by atoms with Crippen LogP contribution in [0.1, 0.15) is 40.1 Å². The number of aliphatic hydroxyl groups is 1. The summed E-state index contributed by atoms with van der Waals surface area (Å²) in [6.45, 7) is 7.47. The van der Waals surface area contributed by atoms with Crippen molar-refractivity contribution < 1.29 is 16.4 Å². The SMILES string of the molecule is Cc1ccc2c(N3CCC(NC(=O)[C@H](O)CC(C)C)CC3)nc(-c3ccccc3O)nc2c1.[HH]. The van der Waals surface area contributed by atoms with Crippen molar-refractivity contribution in [1.29, 1.82) is 0 Å². The zero-order chi connectivity index (χ0) is 23.5. The van der Waals surface area contributed by atoms with Crippen molar-refractivity contribution in [3.8, 4) is 17.1 Å². The summed E-state index contributed by atoms with van der Waals surface area (Å²) in [7, 11) is 0. The lowest BCUT2D eigenvalue weighted by molar-refractivity contribution is -0.130. The molecule has 176 valence electrons. The third-order valence-corrected chi connectivity index (χ3v) is 6.12. The van der Waals surface area contributed by atoms with Gasteiger partial charge in [-0.2, -0.15) is 0 Å². The number of benzene rings is 2. The van der Waals surface area contributed by atoms with Gasteiger partial charge >= 0.3 is 0 Å². The summed E-state index contributed by atoms with van der Waals surface area (Å²) in [4.78, 5) is 24.1. The van der Waals surface area contributed by atoms with E-state index in [1.54, 1.807) is 12.1 Å². The van der Waals surface area contributed by atoms with E-state index in [2.05, 4.69) is 16.3 Å². The largest absolute Gasteiger partial charge is 0.507 e. The number of nitrogens with zero attached hydrogens (tertiary/aromatic N) is 3. The molecule has 7 nitrogen and oxygen atoms in total. The molecule has 1 aliphatic rings. The number of phenols is 1. The van der Waals surface area contributed by atoms with Crippen LogP contribution >= 0.6 is 0 Å². The van der Waals surface area contributed by atoms with Gasteiger partial charge in [0.1, 0.15) is 17.7 Å². The molecule has 0 unspecified atom stereocenters. The topological polar surface area (TPSA) is 98.6 Å². The van der Waals surface area contributed by atoms with E-state index in [1.807, 2.05) is 45.0 Å². The van der Waals surface area contributed by atoms with E-state index in [1.165, 1.54) is 0 Å². The van der Waals surface area contributed by atoms with Gasteiger partial charge in [-0.1, -0.05) is 32.0 Å². The number of carbonyl (C=O) groups excluding carboxylic acids is 1. The van der Waals surface area contributed by atoms with E-state index < -0.39 is 6.10 Å². The van der Waals surface area contributed by atoms with Crippen LogP contribution in [0.3, 0.4) is 0 Å². The Morgan fingerprint density at radius 2 is 1.91 bits per heavy atom. The lowest BCUT2D eigenvalue weighted by Gasteiger charge is -2.34. The number of rotatable bonds is 6. The molecule has 1 fully saturated rings. The van der Waals surface area contributed by atoms with E-state index in [4.69, 9.17) is 9.97 Å². The van der Waals surface area contributed by atoms with E-state index in [0.717, 1.165) is 48.2 Å². The van der Waals surface area contributed by atoms with Crippen LogP contribution in [0.25, 0.3) is 22.3 Å². The van der Waals surface area contributed by atoms with Gasteiger partial charge in [-0.15, -0.1) is 0 Å². The van der Waals surface area contributed by atoms with Gasteiger partial charge in [0, 0.05) is 25.9 Å². The Kier molecular flexibility index (Phi) is 6.79. The molecule has 0 bridgehead atoms. The van der Waals surface area contributed by atoms with Crippen LogP contribution in [0.15, 0.2) is 42.5 Å². The summed E-state index contributed by atoms with van der Waals surface area (Å²) in [6.07, 6.45) is 1.04. The Hall–Kier alpha value is -3.19. The molecule has 0 saturated carbocycles. The number of aliphatic hydroxyl groups excluding tert-OH is 1. The molecular weight excluding hydrogens is 416 g/mol. The number of aromatic hydroxyl groups is 1. The number of amides is 1. The van der Waals surface area contributed by atoms with Crippen LogP contribution in [-0.4, -0.2) is 51.3 Å². The number of aryl methyl sites for hydroxylation is 1. The number of aromatic nitrogens is 2. The molecule has 0 aliphatic carbocycles. The smallest absolute Gasteiger partial charge is 0.249 e. The maximum Gasteiger partial charge on any atom is 0.249 e. The van der Waals surface area contributed by atoms with Gasteiger partial charge in [0.15, 0.2) is 5.82 Å². The first-order valence-electron chi connectivity index (χ1n) is 11.6. The first-order valence-corrected chi connectivity index (χ1v) is 11.6. The quantitative estimate of drug-likeness (QED) is 0.524. The zero-order valence-electron chi connectivity index (χ0n) is 19.5. The van der Waals surface area contributed by atoms with Gasteiger partial charge in [0.25, 0.3) is 0 Å². The van der Waals surface area contributed by atoms with Crippen molar-refractivity contribution in [3.63, 3.8) is 0 Å². The summed E-state index contributed by atoms with van der Waals surface area (Å²) < 4.78 is 0. The minimum atomic E-state index is -0.960. The molecule has 1 aromatic heterocycles. The van der Waals surface area contributed by atoms with Crippen molar-refractivity contribution in [2.24, 2.45) is 5.92 Å². The first kappa shape index (κ1) is 23.0. The van der Waals surface area contributed by atoms with Crippen LogP contribution in [0.2, 0.25) is 0 Å². The number of carbonyl (C=O) groups is 1. The molecule has 1 saturated heterocycles. The van der Waals surface area contributed by atoms with Crippen LogP contribution in [0.5, 0.6) is 5.75 Å². The molecule has 1 atom stereocenters. The number of hydrogen-bond acceptors (Lipinski definition) is 6. The second-order valence-electron chi connectivity index (χ2n) is 9.32. The van der Waals surface area contributed by atoms with Crippen molar-refractivity contribution in [3.05, 3.63) is 48.0 Å². The van der Waals surface area contributed by atoms with Crippen LogP contribution in [-0.2, 0) is 4.79 Å². The Bertz CT molecular complexity index is 1150. The third kappa shape index (κ3) is 5.25. The molecule has 1 aliphatic heterocycles. The fraction of sp³-hybridized carbons (Fsp3) is 0.423. The second-order valence-corrected chi connectivity index (χ2v) is 9.32. The van der Waals surface area contributed by atoms with Crippen LogP contribution < -0.4 is 10.2 Å². The minimum absolute atomic E-state index is 0. The molecule has 2 heterocycles. The predicted octanol–water partition coefficient (Wildman–Crippen LogP) is 4.05. The van der Waals surface area contributed by atoms with E-state index >= 15 is 0 Å². The Morgan fingerprint density at radius 1 is 1.18 bits per heavy atom. The average Bonchev–Trinajstić information content (AvgIpc) is 2.78. The van der Waals surface area contributed by atoms with E-state index in [-0.39, 0.29) is 25.0 Å². The molecule has 0 radical (unpaired) electrons. The van der Waals surface area contributed by atoms with Crippen molar-refractivity contribution >= 4 is 22.6 Å². The highest BCUT2D eigenvalue weighted by Crippen LogP contribution is 2.33. The first-order chi connectivity index (χ1) is 15.8. The molecule has 2 aromatic carbocycles. The Labute approximate surface area is 196 Å². The number of fused-ring (bicyclic) bond motifs is 1. The number of anilines is 1. The van der Waals surface area contributed by atoms with Gasteiger partial charge in [-0.05, 0) is 61.9 Å². The lowest BCUT2D eigenvalue weighted by Crippen LogP contribution is -2.48. The van der Waals surface area contributed by atoms with Gasteiger partial charge in [0.2, 0.25) is 5.91 Å². The fourth-order valence-corrected chi connectivity index (χ4v) is 4.33. The Morgan fingerprint density at radius 3 is 2.61 bits per heavy atom. The van der Waals surface area contributed by atoms with Gasteiger partial charge < -0.3 is 20.4 Å². The summed E-state index contributed by atoms with van der Waals surface area (Å²) in [5.41, 5.74) is 2.55. The highest BCUT2D eigenvalue weighted by Gasteiger charge is 2.26. The highest BCUT2D eigenvalue weighted by atomic mass is 16.3. The molecule has 7 heteroatoms. The maximum absolute atomic E-state index is 12.3. The van der Waals surface area contributed by atoms with E-state index in [0.29, 0.717) is 17.8 Å². The van der Waals surface area contributed by atoms with Crippen molar-refractivity contribution in [1.82, 2.24) is 15.3 Å². The molecule has 1 amide bonds. The van der Waals surface area contributed by atoms with Crippen molar-refractivity contribution in [2.75, 3.05) is 18.0 Å². The normalized spacial score (nSPS) is 15.7. The number of phenolic OH excluding ortho intramolecular Hbond substituents is 1. The number of hydrogen-bond donors (Lipinski definition) is 3. The van der Waals surface area contributed by atoms with Gasteiger partial charge in [0.05, 0.1) is 11.1 Å². The third-order valence-electron chi connectivity index (χ3n) is 6.12. The Balaban J connectivity index is 0.00000324. The van der Waals surface area contributed by atoms with Gasteiger partial charge in [-0.3, -0.25) is 4.79 Å². The summed E-state index contributed by atoms with van der Waals surface area (Å²) in [5, 5.41) is 24.4.